The predicted molar refractivity (Wildman–Crippen MR) is 65.7 cm³/mol. The third-order valence-corrected chi connectivity index (χ3v) is 2.89. The van der Waals surface area contributed by atoms with Crippen LogP contribution in [0.4, 0.5) is 0 Å². The molecule has 18 heavy (non-hydrogen) atoms. The van der Waals surface area contributed by atoms with Crippen molar-refractivity contribution in [1.82, 2.24) is 14.7 Å². The molecule has 0 aliphatic rings. The van der Waals surface area contributed by atoms with Gasteiger partial charge in [-0.3, -0.25) is 0 Å². The van der Waals surface area contributed by atoms with Gasteiger partial charge in [0.15, 0.2) is 5.82 Å². The van der Waals surface area contributed by atoms with Crippen molar-refractivity contribution in [2.45, 2.75) is 6.92 Å². The second-order valence-electron chi connectivity index (χ2n) is 4.10. The second-order valence-corrected chi connectivity index (χ2v) is 4.10. The highest BCUT2D eigenvalue weighted by molar-refractivity contribution is 5.85. The molecule has 3 rings (SSSR count). The van der Waals surface area contributed by atoms with Crippen LogP contribution in [0.2, 0.25) is 0 Å². The molecule has 0 aliphatic heterocycles. The summed E-state index contributed by atoms with van der Waals surface area (Å²) in [4.78, 5) is 4.48. The average molecular weight is 238 g/mol. The first-order valence-electron chi connectivity index (χ1n) is 5.50. The lowest BCUT2D eigenvalue weighted by atomic mass is 10.2. The fraction of sp³-hybridized carbons (Fsp3) is 0.154. The van der Waals surface area contributed by atoms with E-state index in [9.17, 15) is 0 Å². The molecule has 0 radical (unpaired) electrons. The average Bonchev–Trinajstić information content (AvgIpc) is 2.94. The molecular formula is C13H10N4O. The number of nitriles is 1. The molecular weight excluding hydrogens is 228 g/mol. The van der Waals surface area contributed by atoms with Gasteiger partial charge in [0, 0.05) is 13.1 Å². The highest BCUT2D eigenvalue weighted by Gasteiger charge is 2.15. The summed E-state index contributed by atoms with van der Waals surface area (Å²) < 4.78 is 6.97. The number of para-hydroxylation sites is 1. The van der Waals surface area contributed by atoms with Crippen LogP contribution < -0.4 is 0 Å². The number of benzene rings is 1. The molecule has 0 aliphatic carbocycles. The van der Waals surface area contributed by atoms with Gasteiger partial charge < -0.3 is 9.09 Å². The highest BCUT2D eigenvalue weighted by atomic mass is 16.5. The molecule has 0 N–H and O–H groups in total. The first-order chi connectivity index (χ1) is 8.70. The van der Waals surface area contributed by atoms with Crippen LogP contribution in [0.3, 0.4) is 0 Å². The van der Waals surface area contributed by atoms with Crippen molar-refractivity contribution in [3.8, 4) is 17.6 Å². The Morgan fingerprint density at radius 2 is 2.22 bits per heavy atom. The van der Waals surface area contributed by atoms with Gasteiger partial charge >= 0.3 is 0 Å². The van der Waals surface area contributed by atoms with Crippen molar-refractivity contribution in [2.24, 2.45) is 7.05 Å². The van der Waals surface area contributed by atoms with E-state index in [2.05, 4.69) is 16.2 Å². The number of fused-ring (bicyclic) bond motifs is 1. The van der Waals surface area contributed by atoms with Crippen LogP contribution >= 0.6 is 0 Å². The standard InChI is InChI=1S/C13H10N4O/c1-8-6-10(16-18-8)13-15-12-9(7-14)4-3-5-11(12)17(13)2/h3-6H,1-2H3. The summed E-state index contributed by atoms with van der Waals surface area (Å²) >= 11 is 0. The van der Waals surface area contributed by atoms with Crippen molar-refractivity contribution in [3.05, 3.63) is 35.6 Å². The van der Waals surface area contributed by atoms with Gasteiger partial charge in [0.1, 0.15) is 23.0 Å². The number of aryl methyl sites for hydroxylation is 2. The smallest absolute Gasteiger partial charge is 0.163 e. The highest BCUT2D eigenvalue weighted by Crippen LogP contribution is 2.25. The molecule has 1 aromatic carbocycles. The van der Waals surface area contributed by atoms with Crippen LogP contribution in [0, 0.1) is 18.3 Å². The van der Waals surface area contributed by atoms with Gasteiger partial charge in [-0.15, -0.1) is 0 Å². The Balaban J connectivity index is 2.33. The van der Waals surface area contributed by atoms with E-state index >= 15 is 0 Å². The molecule has 5 heteroatoms. The second kappa shape index (κ2) is 3.70. The fourth-order valence-corrected chi connectivity index (χ4v) is 2.01. The minimum absolute atomic E-state index is 0.564. The lowest BCUT2D eigenvalue weighted by Crippen LogP contribution is -1.92. The molecule has 0 unspecified atom stereocenters. The minimum atomic E-state index is 0.564. The van der Waals surface area contributed by atoms with Crippen molar-refractivity contribution in [3.63, 3.8) is 0 Å². The normalized spacial score (nSPS) is 10.7. The minimum Gasteiger partial charge on any atom is -0.361 e. The summed E-state index contributed by atoms with van der Waals surface area (Å²) in [5.41, 5.74) is 2.84. The van der Waals surface area contributed by atoms with Gasteiger partial charge in [-0.25, -0.2) is 4.98 Å². The zero-order valence-corrected chi connectivity index (χ0v) is 10.0. The molecule has 0 atom stereocenters. The van der Waals surface area contributed by atoms with Crippen LogP contribution in [-0.2, 0) is 7.05 Å². The Kier molecular flexibility index (Phi) is 2.17. The van der Waals surface area contributed by atoms with Crippen molar-refractivity contribution in [2.75, 3.05) is 0 Å². The number of imidazole rings is 1. The Hall–Kier alpha value is -2.61. The van der Waals surface area contributed by atoms with Crippen LogP contribution in [-0.4, -0.2) is 14.7 Å². The van der Waals surface area contributed by atoms with E-state index in [1.165, 1.54) is 0 Å². The summed E-state index contributed by atoms with van der Waals surface area (Å²) in [6.07, 6.45) is 0. The number of rotatable bonds is 1. The number of aromatic nitrogens is 3. The molecule has 0 saturated heterocycles. The number of hydrogen-bond donors (Lipinski definition) is 0. The van der Waals surface area contributed by atoms with Gasteiger partial charge in [0.25, 0.3) is 0 Å². The maximum atomic E-state index is 9.08. The van der Waals surface area contributed by atoms with Gasteiger partial charge in [-0.05, 0) is 19.1 Å². The molecule has 2 heterocycles. The summed E-state index contributed by atoms with van der Waals surface area (Å²) in [6.45, 7) is 1.83. The Bertz CT molecular complexity index is 776. The van der Waals surface area contributed by atoms with E-state index in [0.29, 0.717) is 22.6 Å². The van der Waals surface area contributed by atoms with E-state index < -0.39 is 0 Å². The maximum Gasteiger partial charge on any atom is 0.163 e. The van der Waals surface area contributed by atoms with E-state index in [0.717, 1.165) is 11.3 Å². The first-order valence-corrected chi connectivity index (χ1v) is 5.50. The Morgan fingerprint density at radius 1 is 1.39 bits per heavy atom. The lowest BCUT2D eigenvalue weighted by molar-refractivity contribution is 0.399. The molecule has 5 nitrogen and oxygen atoms in total. The Morgan fingerprint density at radius 3 is 2.89 bits per heavy atom. The van der Waals surface area contributed by atoms with Crippen LogP contribution in [0.15, 0.2) is 28.8 Å². The lowest BCUT2D eigenvalue weighted by Gasteiger charge is -1.97. The zero-order chi connectivity index (χ0) is 12.7. The summed E-state index contributed by atoms with van der Waals surface area (Å²) in [5, 5.41) is 13.0. The van der Waals surface area contributed by atoms with Crippen LogP contribution in [0.5, 0.6) is 0 Å². The largest absolute Gasteiger partial charge is 0.361 e. The van der Waals surface area contributed by atoms with Gasteiger partial charge in [-0.2, -0.15) is 5.26 Å². The summed E-state index contributed by atoms with van der Waals surface area (Å²) in [5.74, 6) is 1.43. The van der Waals surface area contributed by atoms with Crippen molar-refractivity contribution >= 4 is 11.0 Å². The van der Waals surface area contributed by atoms with Crippen LogP contribution in [0.25, 0.3) is 22.6 Å². The third kappa shape index (κ3) is 1.39. The molecule has 3 aromatic rings. The molecule has 0 saturated carbocycles. The van der Waals surface area contributed by atoms with E-state index in [4.69, 9.17) is 9.78 Å². The molecule has 0 bridgehead atoms. The summed E-state index contributed by atoms with van der Waals surface area (Å²) in [7, 11) is 1.90. The number of hydrogen-bond acceptors (Lipinski definition) is 4. The fourth-order valence-electron chi connectivity index (χ4n) is 2.01. The van der Waals surface area contributed by atoms with Gasteiger partial charge in [0.05, 0.1) is 11.1 Å². The SMILES string of the molecule is Cc1cc(-c2nc3c(C#N)cccc3n2C)no1. The predicted octanol–water partition coefficient (Wildman–Crippen LogP) is 2.41. The monoisotopic (exact) mass is 238 g/mol. The van der Waals surface area contributed by atoms with Crippen LogP contribution in [0.1, 0.15) is 11.3 Å². The molecule has 0 fully saturated rings. The van der Waals surface area contributed by atoms with Gasteiger partial charge in [-0.1, -0.05) is 11.2 Å². The molecule has 2 aromatic heterocycles. The quantitative estimate of drug-likeness (QED) is 0.652. The molecule has 0 spiro atoms. The van der Waals surface area contributed by atoms with E-state index in [1.807, 2.05) is 36.7 Å². The first kappa shape index (κ1) is 10.5. The number of nitrogens with zero attached hydrogens (tertiary/aromatic N) is 4. The van der Waals surface area contributed by atoms with E-state index in [-0.39, 0.29) is 0 Å². The van der Waals surface area contributed by atoms with Crippen molar-refractivity contribution < 1.29 is 4.52 Å². The summed E-state index contributed by atoms with van der Waals surface area (Å²) in [6, 6.07) is 9.51. The van der Waals surface area contributed by atoms with E-state index in [1.54, 1.807) is 6.07 Å². The Labute approximate surface area is 103 Å². The third-order valence-electron chi connectivity index (χ3n) is 2.89. The topological polar surface area (TPSA) is 67.6 Å². The van der Waals surface area contributed by atoms with Crippen molar-refractivity contribution in [1.29, 1.82) is 5.26 Å². The molecule has 88 valence electrons. The molecule has 0 amide bonds. The van der Waals surface area contributed by atoms with Gasteiger partial charge in [0.2, 0.25) is 0 Å². The zero-order valence-electron chi connectivity index (χ0n) is 10.0. The maximum absolute atomic E-state index is 9.08.